The lowest BCUT2D eigenvalue weighted by molar-refractivity contribution is 0.335. The van der Waals surface area contributed by atoms with Gasteiger partial charge in [0.05, 0.1) is 11.6 Å². The van der Waals surface area contributed by atoms with Crippen LogP contribution in [0.25, 0.3) is 11.2 Å². The van der Waals surface area contributed by atoms with Crippen LogP contribution in [-0.4, -0.2) is 31.5 Å². The zero-order valence-corrected chi connectivity index (χ0v) is 13.4. The maximum atomic E-state index is 6.14. The second-order valence-corrected chi connectivity index (χ2v) is 6.13. The van der Waals surface area contributed by atoms with Crippen molar-refractivity contribution in [1.82, 2.24) is 19.4 Å². The molecule has 0 aliphatic carbocycles. The summed E-state index contributed by atoms with van der Waals surface area (Å²) in [7, 11) is 1.98. The molecule has 2 unspecified atom stereocenters. The number of nitrogens with zero attached hydrogens (tertiary/aromatic N) is 5. The first-order chi connectivity index (χ1) is 9.54. The molecule has 0 aromatic carbocycles. The standard InChI is InChI=1S/C14H22ClN5/c1-9-6-5-7-10(2)19(9)20-12(8-15)16-13-11(3)17-18(4)14(13)20/h9-10H,5-8H2,1-4H3. The quantitative estimate of drug-likeness (QED) is 0.800. The summed E-state index contributed by atoms with van der Waals surface area (Å²) in [4.78, 5) is 4.70. The smallest absolute Gasteiger partial charge is 0.177 e. The predicted octanol–water partition coefficient (Wildman–Crippen LogP) is 2.72. The molecule has 0 N–H and O–H groups in total. The number of fused-ring (bicyclic) bond motifs is 1. The lowest BCUT2D eigenvalue weighted by atomic mass is 10.00. The maximum absolute atomic E-state index is 6.14. The predicted molar refractivity (Wildman–Crippen MR) is 81.8 cm³/mol. The van der Waals surface area contributed by atoms with Crippen LogP contribution in [-0.2, 0) is 12.9 Å². The first kappa shape index (κ1) is 13.7. The fraction of sp³-hybridized carbons (Fsp3) is 0.714. The Kier molecular flexibility index (Phi) is 3.40. The third-order valence-corrected chi connectivity index (χ3v) is 4.58. The first-order valence-corrected chi connectivity index (χ1v) is 7.83. The van der Waals surface area contributed by atoms with Gasteiger partial charge in [-0.3, -0.25) is 0 Å². The van der Waals surface area contributed by atoms with E-state index in [4.69, 9.17) is 16.6 Å². The topological polar surface area (TPSA) is 38.9 Å². The molecule has 0 saturated carbocycles. The van der Waals surface area contributed by atoms with Crippen molar-refractivity contribution in [3.8, 4) is 0 Å². The van der Waals surface area contributed by atoms with E-state index < -0.39 is 0 Å². The number of aromatic nitrogens is 4. The monoisotopic (exact) mass is 295 g/mol. The molecule has 0 amide bonds. The number of alkyl halides is 1. The summed E-state index contributed by atoms with van der Waals surface area (Å²) in [5.41, 5.74) is 2.98. The summed E-state index contributed by atoms with van der Waals surface area (Å²) >= 11 is 6.14. The number of imidazole rings is 1. The van der Waals surface area contributed by atoms with E-state index in [1.807, 2.05) is 18.7 Å². The van der Waals surface area contributed by atoms with Crippen molar-refractivity contribution < 1.29 is 0 Å². The number of hydrogen-bond acceptors (Lipinski definition) is 3. The summed E-state index contributed by atoms with van der Waals surface area (Å²) in [6.45, 7) is 6.56. The third-order valence-electron chi connectivity index (χ3n) is 4.34. The Hall–Kier alpha value is -1.23. The molecule has 5 nitrogen and oxygen atoms in total. The number of aryl methyl sites for hydroxylation is 2. The van der Waals surface area contributed by atoms with Crippen molar-refractivity contribution in [3.05, 3.63) is 11.5 Å². The molecule has 2 aromatic heterocycles. The highest BCUT2D eigenvalue weighted by Crippen LogP contribution is 2.27. The average molecular weight is 296 g/mol. The van der Waals surface area contributed by atoms with Gasteiger partial charge < -0.3 is 5.01 Å². The molecule has 20 heavy (non-hydrogen) atoms. The molecule has 2 atom stereocenters. The largest absolute Gasteiger partial charge is 0.304 e. The van der Waals surface area contributed by atoms with Crippen LogP contribution in [0.2, 0.25) is 0 Å². The second kappa shape index (κ2) is 4.95. The summed E-state index contributed by atoms with van der Waals surface area (Å²) in [6, 6.07) is 0.988. The van der Waals surface area contributed by atoms with Crippen LogP contribution in [0.1, 0.15) is 44.6 Å². The molecule has 0 radical (unpaired) electrons. The molecule has 1 fully saturated rings. The number of hydrogen-bond donors (Lipinski definition) is 0. The van der Waals surface area contributed by atoms with E-state index in [-0.39, 0.29) is 0 Å². The molecule has 0 bridgehead atoms. The van der Waals surface area contributed by atoms with Gasteiger partial charge in [-0.2, -0.15) is 5.10 Å². The van der Waals surface area contributed by atoms with Gasteiger partial charge in [-0.05, 0) is 40.0 Å². The highest BCUT2D eigenvalue weighted by Gasteiger charge is 2.30. The molecule has 0 spiro atoms. The van der Waals surface area contributed by atoms with Crippen molar-refractivity contribution >= 4 is 22.8 Å². The molecule has 1 aliphatic heterocycles. The van der Waals surface area contributed by atoms with Crippen LogP contribution in [0, 0.1) is 6.92 Å². The highest BCUT2D eigenvalue weighted by molar-refractivity contribution is 6.16. The van der Waals surface area contributed by atoms with Gasteiger partial charge in [-0.1, -0.05) is 0 Å². The fourth-order valence-electron chi connectivity index (χ4n) is 3.43. The summed E-state index contributed by atoms with van der Waals surface area (Å²) < 4.78 is 4.12. The molecule has 6 heteroatoms. The fourth-order valence-corrected chi connectivity index (χ4v) is 3.61. The molecule has 3 rings (SSSR count). The minimum atomic E-state index is 0.421. The Bertz CT molecular complexity index is 619. The van der Waals surface area contributed by atoms with Crippen molar-refractivity contribution in [3.63, 3.8) is 0 Å². The molecule has 110 valence electrons. The van der Waals surface area contributed by atoms with Crippen LogP contribution >= 0.6 is 11.6 Å². The zero-order chi connectivity index (χ0) is 14.4. The van der Waals surface area contributed by atoms with Crippen molar-refractivity contribution in [1.29, 1.82) is 0 Å². The second-order valence-electron chi connectivity index (χ2n) is 5.86. The lowest BCUT2D eigenvalue weighted by Crippen LogP contribution is -2.51. The van der Waals surface area contributed by atoms with Crippen LogP contribution in [0.15, 0.2) is 0 Å². The molecule has 2 aromatic rings. The molecule has 3 heterocycles. The van der Waals surface area contributed by atoms with E-state index in [1.54, 1.807) is 0 Å². The van der Waals surface area contributed by atoms with Crippen LogP contribution < -0.4 is 5.01 Å². The molecule has 1 aliphatic rings. The Morgan fingerprint density at radius 3 is 2.50 bits per heavy atom. The van der Waals surface area contributed by atoms with Crippen molar-refractivity contribution in [2.45, 2.75) is 58.0 Å². The normalized spacial score (nSPS) is 23.8. The van der Waals surface area contributed by atoms with Gasteiger partial charge in [0, 0.05) is 19.1 Å². The van der Waals surface area contributed by atoms with Gasteiger partial charge in [0.25, 0.3) is 0 Å². The van der Waals surface area contributed by atoms with E-state index in [2.05, 4.69) is 28.6 Å². The molecular weight excluding hydrogens is 274 g/mol. The molecular formula is C14H22ClN5. The Balaban J connectivity index is 2.22. The number of halogens is 1. The minimum Gasteiger partial charge on any atom is -0.304 e. The van der Waals surface area contributed by atoms with Crippen LogP contribution in [0.3, 0.4) is 0 Å². The van der Waals surface area contributed by atoms with E-state index in [0.717, 1.165) is 22.7 Å². The van der Waals surface area contributed by atoms with Crippen molar-refractivity contribution in [2.75, 3.05) is 5.01 Å². The highest BCUT2D eigenvalue weighted by atomic mass is 35.5. The van der Waals surface area contributed by atoms with Crippen LogP contribution in [0.5, 0.6) is 0 Å². The van der Waals surface area contributed by atoms with Gasteiger partial charge in [0.1, 0.15) is 11.3 Å². The molecule has 1 saturated heterocycles. The van der Waals surface area contributed by atoms with Gasteiger partial charge in [-0.25, -0.2) is 14.3 Å². The van der Waals surface area contributed by atoms with Crippen molar-refractivity contribution in [2.24, 2.45) is 7.05 Å². The zero-order valence-electron chi connectivity index (χ0n) is 12.6. The SMILES string of the molecule is Cc1nn(C)c2c1nc(CCl)n2N1C(C)CCCC1C. The van der Waals surface area contributed by atoms with Gasteiger partial charge in [0.15, 0.2) is 5.65 Å². The first-order valence-electron chi connectivity index (χ1n) is 7.30. The summed E-state index contributed by atoms with van der Waals surface area (Å²) in [5.74, 6) is 1.34. The Labute approximate surface area is 124 Å². The third kappa shape index (κ3) is 1.91. The van der Waals surface area contributed by atoms with E-state index in [9.17, 15) is 0 Å². The van der Waals surface area contributed by atoms with Gasteiger partial charge in [-0.15, -0.1) is 11.6 Å². The maximum Gasteiger partial charge on any atom is 0.177 e. The summed E-state index contributed by atoms with van der Waals surface area (Å²) in [5, 5.41) is 6.92. The number of rotatable bonds is 2. The summed E-state index contributed by atoms with van der Waals surface area (Å²) in [6.07, 6.45) is 3.71. The van der Waals surface area contributed by atoms with Crippen LogP contribution in [0.4, 0.5) is 0 Å². The van der Waals surface area contributed by atoms with Gasteiger partial charge in [0.2, 0.25) is 0 Å². The van der Waals surface area contributed by atoms with Gasteiger partial charge >= 0.3 is 0 Å². The average Bonchev–Trinajstić information content (AvgIpc) is 2.89. The Morgan fingerprint density at radius 1 is 1.25 bits per heavy atom. The Morgan fingerprint density at radius 2 is 1.90 bits per heavy atom. The number of piperidine rings is 1. The lowest BCUT2D eigenvalue weighted by Gasteiger charge is -2.41. The van der Waals surface area contributed by atoms with E-state index >= 15 is 0 Å². The van der Waals surface area contributed by atoms with E-state index in [1.165, 1.54) is 19.3 Å². The minimum absolute atomic E-state index is 0.421. The van der Waals surface area contributed by atoms with E-state index in [0.29, 0.717) is 18.0 Å².